The highest BCUT2D eigenvalue weighted by atomic mass is 32.1. The number of aryl methyl sites for hydroxylation is 1. The van der Waals surface area contributed by atoms with E-state index in [-0.39, 0.29) is 11.7 Å². The molecule has 0 atom stereocenters. The summed E-state index contributed by atoms with van der Waals surface area (Å²) < 4.78 is 1.85. The summed E-state index contributed by atoms with van der Waals surface area (Å²) >= 11 is 1.56. The molecule has 2 aromatic rings. The van der Waals surface area contributed by atoms with Crippen LogP contribution in [-0.2, 0) is 24.3 Å². The number of hydrogen-bond donors (Lipinski definition) is 0. The minimum Gasteiger partial charge on any atom is -0.338 e. The van der Waals surface area contributed by atoms with Crippen LogP contribution < -0.4 is 0 Å². The summed E-state index contributed by atoms with van der Waals surface area (Å²) in [5.41, 5.74) is 1.12. The Balaban J connectivity index is 1.77. The van der Waals surface area contributed by atoms with Crippen LogP contribution in [0.2, 0.25) is 0 Å². The fraction of sp³-hybridized carbons (Fsp3) is 0.400. The lowest BCUT2D eigenvalue weighted by atomic mass is 10.1. The fourth-order valence-electron chi connectivity index (χ4n) is 2.54. The second-order valence-corrected chi connectivity index (χ2v) is 6.41. The number of amides is 1. The third-order valence-electron chi connectivity index (χ3n) is 3.82. The van der Waals surface area contributed by atoms with Crippen LogP contribution in [-0.4, -0.2) is 32.7 Å². The molecule has 6 heteroatoms. The van der Waals surface area contributed by atoms with E-state index in [1.165, 1.54) is 4.88 Å². The zero-order chi connectivity index (χ0) is 15.0. The van der Waals surface area contributed by atoms with Crippen LogP contribution in [0.1, 0.15) is 32.9 Å². The quantitative estimate of drug-likeness (QED) is 0.815. The first-order chi connectivity index (χ1) is 10.0. The number of carbonyl (C=O) groups excluding carboxylic acids is 2. The number of fused-ring (bicyclic) bond motifs is 1. The van der Waals surface area contributed by atoms with E-state index < -0.39 is 0 Å². The van der Waals surface area contributed by atoms with Crippen LogP contribution in [0.15, 0.2) is 18.5 Å². The van der Waals surface area contributed by atoms with E-state index in [1.807, 2.05) is 28.7 Å². The van der Waals surface area contributed by atoms with Crippen LogP contribution in [0.3, 0.4) is 0 Å². The third-order valence-corrected chi connectivity index (χ3v) is 5.10. The molecule has 0 spiro atoms. The SMILES string of the molecule is CC(=O)N1CCc2sc(C(=O)Cn3ccnc3C)cc2C1. The summed E-state index contributed by atoms with van der Waals surface area (Å²) in [6, 6.07) is 1.95. The van der Waals surface area contributed by atoms with E-state index >= 15 is 0 Å². The smallest absolute Gasteiger partial charge is 0.219 e. The van der Waals surface area contributed by atoms with Gasteiger partial charge in [-0.3, -0.25) is 9.59 Å². The largest absolute Gasteiger partial charge is 0.338 e. The molecule has 0 saturated carbocycles. The van der Waals surface area contributed by atoms with E-state index in [0.717, 1.165) is 29.2 Å². The molecular weight excluding hydrogens is 286 g/mol. The summed E-state index contributed by atoms with van der Waals surface area (Å²) in [5, 5.41) is 0. The van der Waals surface area contributed by atoms with Crippen molar-refractivity contribution < 1.29 is 9.59 Å². The summed E-state index contributed by atoms with van der Waals surface area (Å²) in [6.45, 7) is 5.17. The van der Waals surface area contributed by atoms with Crippen LogP contribution in [0.25, 0.3) is 0 Å². The zero-order valence-electron chi connectivity index (χ0n) is 12.1. The molecular formula is C15H17N3O2S. The number of imidazole rings is 1. The van der Waals surface area contributed by atoms with Crippen molar-refractivity contribution in [3.05, 3.63) is 39.6 Å². The van der Waals surface area contributed by atoms with Crippen molar-refractivity contribution in [1.82, 2.24) is 14.5 Å². The molecule has 0 radical (unpaired) electrons. The molecule has 2 aromatic heterocycles. The highest BCUT2D eigenvalue weighted by molar-refractivity contribution is 7.14. The van der Waals surface area contributed by atoms with Crippen LogP contribution >= 0.6 is 11.3 Å². The second-order valence-electron chi connectivity index (χ2n) is 5.28. The predicted molar refractivity (Wildman–Crippen MR) is 80.4 cm³/mol. The van der Waals surface area contributed by atoms with Crippen molar-refractivity contribution in [3.8, 4) is 0 Å². The first-order valence-corrected chi connectivity index (χ1v) is 7.74. The summed E-state index contributed by atoms with van der Waals surface area (Å²) in [5.74, 6) is 1.03. The number of ketones is 1. The molecule has 1 aliphatic heterocycles. The highest BCUT2D eigenvalue weighted by Crippen LogP contribution is 2.28. The molecule has 21 heavy (non-hydrogen) atoms. The Hall–Kier alpha value is -1.95. The monoisotopic (exact) mass is 303 g/mol. The second kappa shape index (κ2) is 5.44. The van der Waals surface area contributed by atoms with Gasteiger partial charge < -0.3 is 9.47 Å². The van der Waals surface area contributed by atoms with Crippen LogP contribution in [0.5, 0.6) is 0 Å². The van der Waals surface area contributed by atoms with Gasteiger partial charge in [0.15, 0.2) is 5.78 Å². The van der Waals surface area contributed by atoms with Crippen LogP contribution in [0.4, 0.5) is 0 Å². The Morgan fingerprint density at radius 1 is 1.43 bits per heavy atom. The van der Waals surface area contributed by atoms with Crippen molar-refractivity contribution in [2.45, 2.75) is 33.4 Å². The van der Waals surface area contributed by atoms with E-state index in [9.17, 15) is 9.59 Å². The predicted octanol–water partition coefficient (Wildman–Crippen LogP) is 2.04. The van der Waals surface area contributed by atoms with Crippen molar-refractivity contribution in [3.63, 3.8) is 0 Å². The van der Waals surface area contributed by atoms with Gasteiger partial charge in [-0.2, -0.15) is 0 Å². The van der Waals surface area contributed by atoms with Crippen molar-refractivity contribution in [2.24, 2.45) is 0 Å². The number of thiophene rings is 1. The molecule has 0 aromatic carbocycles. The lowest BCUT2D eigenvalue weighted by Gasteiger charge is -2.25. The van der Waals surface area contributed by atoms with Gasteiger partial charge in [0, 0.05) is 37.3 Å². The molecule has 0 aliphatic carbocycles. The Morgan fingerprint density at radius 2 is 2.24 bits per heavy atom. The van der Waals surface area contributed by atoms with Gasteiger partial charge in [0.05, 0.1) is 11.4 Å². The van der Waals surface area contributed by atoms with Gasteiger partial charge >= 0.3 is 0 Å². The summed E-state index contributed by atoms with van der Waals surface area (Å²) in [4.78, 5) is 31.8. The van der Waals surface area contributed by atoms with E-state index in [0.29, 0.717) is 13.1 Å². The minimum absolute atomic E-state index is 0.0915. The molecule has 110 valence electrons. The Bertz CT molecular complexity index is 702. The lowest BCUT2D eigenvalue weighted by Crippen LogP contribution is -2.33. The van der Waals surface area contributed by atoms with Gasteiger partial charge in [0.25, 0.3) is 0 Å². The van der Waals surface area contributed by atoms with Gasteiger partial charge in [-0.05, 0) is 25.0 Å². The molecule has 3 heterocycles. The van der Waals surface area contributed by atoms with E-state index in [1.54, 1.807) is 24.5 Å². The van der Waals surface area contributed by atoms with E-state index in [4.69, 9.17) is 0 Å². The van der Waals surface area contributed by atoms with Gasteiger partial charge in [0.2, 0.25) is 5.91 Å². The molecule has 0 saturated heterocycles. The zero-order valence-corrected chi connectivity index (χ0v) is 12.9. The topological polar surface area (TPSA) is 55.2 Å². The van der Waals surface area contributed by atoms with E-state index in [2.05, 4.69) is 4.98 Å². The average Bonchev–Trinajstić information content (AvgIpc) is 3.04. The number of hydrogen-bond acceptors (Lipinski definition) is 4. The Kier molecular flexibility index (Phi) is 3.63. The average molecular weight is 303 g/mol. The third kappa shape index (κ3) is 2.76. The molecule has 5 nitrogen and oxygen atoms in total. The summed E-state index contributed by atoms with van der Waals surface area (Å²) in [7, 11) is 0. The fourth-order valence-corrected chi connectivity index (χ4v) is 3.64. The maximum atomic E-state index is 12.4. The van der Waals surface area contributed by atoms with Crippen molar-refractivity contribution in [1.29, 1.82) is 0 Å². The van der Waals surface area contributed by atoms with Crippen molar-refractivity contribution >= 4 is 23.0 Å². The highest BCUT2D eigenvalue weighted by Gasteiger charge is 2.22. The molecule has 0 fully saturated rings. The first-order valence-electron chi connectivity index (χ1n) is 6.92. The Labute approximate surface area is 127 Å². The van der Waals surface area contributed by atoms with Gasteiger partial charge in [-0.15, -0.1) is 11.3 Å². The maximum absolute atomic E-state index is 12.4. The molecule has 0 bridgehead atoms. The number of Topliss-reactive ketones (excluding diaryl/α,β-unsaturated/α-hetero) is 1. The number of nitrogens with zero attached hydrogens (tertiary/aromatic N) is 3. The van der Waals surface area contributed by atoms with Gasteiger partial charge in [0.1, 0.15) is 5.82 Å². The molecule has 1 aliphatic rings. The molecule has 0 N–H and O–H groups in total. The number of carbonyl (C=O) groups is 2. The summed E-state index contributed by atoms with van der Waals surface area (Å²) in [6.07, 6.45) is 4.36. The normalized spacial score (nSPS) is 14.1. The van der Waals surface area contributed by atoms with Crippen molar-refractivity contribution in [2.75, 3.05) is 6.54 Å². The number of rotatable bonds is 3. The lowest BCUT2D eigenvalue weighted by molar-refractivity contribution is -0.129. The molecule has 1 amide bonds. The van der Waals surface area contributed by atoms with Gasteiger partial charge in [-0.25, -0.2) is 4.98 Å². The number of aromatic nitrogens is 2. The molecule has 0 unspecified atom stereocenters. The standard InChI is InChI=1S/C15H17N3O2S/c1-10-16-4-6-17(10)9-13(20)15-7-12-8-18(11(2)19)5-3-14(12)21-15/h4,6-7H,3,5,8-9H2,1-2H3. The Morgan fingerprint density at radius 3 is 2.90 bits per heavy atom. The minimum atomic E-state index is 0.0915. The first kappa shape index (κ1) is 14.0. The van der Waals surface area contributed by atoms with Gasteiger partial charge in [-0.1, -0.05) is 0 Å². The van der Waals surface area contributed by atoms with Crippen LogP contribution in [0, 0.1) is 6.92 Å². The molecule has 3 rings (SSSR count). The maximum Gasteiger partial charge on any atom is 0.219 e.